The zero-order valence-corrected chi connectivity index (χ0v) is 9.39. The quantitative estimate of drug-likeness (QED) is 0.728. The van der Waals surface area contributed by atoms with Crippen molar-refractivity contribution in [2.75, 3.05) is 7.05 Å². The van der Waals surface area contributed by atoms with Gasteiger partial charge in [-0.2, -0.15) is 0 Å². The minimum Gasteiger partial charge on any atom is -0.316 e. The predicted molar refractivity (Wildman–Crippen MR) is 62.5 cm³/mol. The summed E-state index contributed by atoms with van der Waals surface area (Å²) in [5.74, 6) is 0. The Hall–Kier alpha value is -1.15. The predicted octanol–water partition coefficient (Wildman–Crippen LogP) is 2.75. The first-order chi connectivity index (χ1) is 6.69. The maximum atomic E-state index is 4.40. The lowest BCUT2D eigenvalue weighted by Gasteiger charge is -2.09. The van der Waals surface area contributed by atoms with Crippen molar-refractivity contribution in [1.29, 1.82) is 0 Å². The van der Waals surface area contributed by atoms with E-state index in [9.17, 15) is 0 Å². The van der Waals surface area contributed by atoms with Gasteiger partial charge >= 0.3 is 0 Å². The molecule has 0 bridgehead atoms. The van der Waals surface area contributed by atoms with E-state index >= 15 is 0 Å². The van der Waals surface area contributed by atoms with Crippen molar-refractivity contribution in [2.24, 2.45) is 4.99 Å². The summed E-state index contributed by atoms with van der Waals surface area (Å²) in [6, 6.07) is 4.35. The highest BCUT2D eigenvalue weighted by atomic mass is 14.8. The third-order valence-electron chi connectivity index (χ3n) is 2.15. The average Bonchev–Trinajstić information content (AvgIpc) is 2.11. The summed E-state index contributed by atoms with van der Waals surface area (Å²) in [5.41, 5.74) is 4.91. The van der Waals surface area contributed by atoms with Crippen LogP contribution in [0.2, 0.25) is 0 Å². The number of nitrogens with one attached hydrogen (secondary N) is 1. The number of aryl methyl sites for hydroxylation is 2. The van der Waals surface area contributed by atoms with Gasteiger partial charge in [0.15, 0.2) is 0 Å². The van der Waals surface area contributed by atoms with Gasteiger partial charge in [0.1, 0.15) is 0 Å². The Morgan fingerprint density at radius 1 is 1.36 bits per heavy atom. The molecule has 14 heavy (non-hydrogen) atoms. The van der Waals surface area contributed by atoms with E-state index in [1.807, 2.05) is 20.2 Å². The van der Waals surface area contributed by atoms with E-state index in [1.54, 1.807) is 0 Å². The molecule has 1 N–H and O–H groups in total. The summed E-state index contributed by atoms with van der Waals surface area (Å²) in [6.45, 7) is 7.04. The van der Waals surface area contributed by atoms with E-state index in [-0.39, 0.29) is 0 Å². The molecule has 1 rings (SSSR count). The molecule has 0 saturated carbocycles. The van der Waals surface area contributed by atoms with Crippen LogP contribution >= 0.6 is 0 Å². The lowest BCUT2D eigenvalue weighted by Crippen LogP contribution is -2.06. The minimum atomic E-state index is 0.870. The average molecular weight is 190 g/mol. The lowest BCUT2D eigenvalue weighted by atomic mass is 10.0. The molecule has 0 radical (unpaired) electrons. The normalized spacial score (nSPS) is 11.1. The molecule has 2 nitrogen and oxygen atoms in total. The summed E-state index contributed by atoms with van der Waals surface area (Å²) in [5, 5.41) is 3.16. The smallest absolute Gasteiger partial charge is 0.0699 e. The number of nitrogens with zero attached hydrogens (tertiary/aromatic N) is 1. The molecule has 0 aliphatic heterocycles. The van der Waals surface area contributed by atoms with E-state index in [0.717, 1.165) is 12.2 Å². The van der Waals surface area contributed by atoms with Crippen LogP contribution in [0.4, 0.5) is 5.69 Å². The second-order valence-electron chi connectivity index (χ2n) is 3.51. The van der Waals surface area contributed by atoms with Crippen LogP contribution in [0, 0.1) is 13.8 Å². The fraction of sp³-hybridized carbons (Fsp3) is 0.417. The van der Waals surface area contributed by atoms with E-state index in [1.165, 1.54) is 16.7 Å². The standard InChI is InChI=1S/C12H18N2/c1-5-14-12-10(3)6-9(2)7-11(12)8-13-4/h5-7,13H,8H2,1-4H3/b14-5-. The first kappa shape index (κ1) is 10.9. The molecule has 1 aromatic rings. The topological polar surface area (TPSA) is 24.4 Å². The molecule has 0 aromatic heterocycles. The van der Waals surface area contributed by atoms with Crippen LogP contribution in [0.25, 0.3) is 0 Å². The second kappa shape index (κ2) is 4.91. The molecule has 0 spiro atoms. The summed E-state index contributed by atoms with van der Waals surface area (Å²) in [7, 11) is 1.96. The van der Waals surface area contributed by atoms with Crippen LogP contribution in [0.1, 0.15) is 23.6 Å². The first-order valence-electron chi connectivity index (χ1n) is 4.92. The van der Waals surface area contributed by atoms with Gasteiger partial charge in [0.25, 0.3) is 0 Å². The summed E-state index contributed by atoms with van der Waals surface area (Å²) < 4.78 is 0. The monoisotopic (exact) mass is 190 g/mol. The molecule has 2 heteroatoms. The van der Waals surface area contributed by atoms with Gasteiger partial charge in [-0.3, -0.25) is 4.99 Å². The van der Waals surface area contributed by atoms with Crippen molar-refractivity contribution in [3.05, 3.63) is 28.8 Å². The van der Waals surface area contributed by atoms with Crippen LogP contribution < -0.4 is 5.32 Å². The fourth-order valence-electron chi connectivity index (χ4n) is 1.69. The molecule has 0 aliphatic carbocycles. The van der Waals surface area contributed by atoms with Gasteiger partial charge in [0, 0.05) is 12.8 Å². The molecule has 0 unspecified atom stereocenters. The highest BCUT2D eigenvalue weighted by Crippen LogP contribution is 2.25. The van der Waals surface area contributed by atoms with Crippen molar-refractivity contribution in [1.82, 2.24) is 5.32 Å². The molecule has 0 saturated heterocycles. The summed E-state index contributed by atoms with van der Waals surface area (Å²) in [4.78, 5) is 4.40. The highest BCUT2D eigenvalue weighted by Gasteiger charge is 2.04. The lowest BCUT2D eigenvalue weighted by molar-refractivity contribution is 0.816. The Morgan fingerprint density at radius 2 is 2.07 bits per heavy atom. The van der Waals surface area contributed by atoms with Crippen molar-refractivity contribution < 1.29 is 0 Å². The van der Waals surface area contributed by atoms with E-state index in [0.29, 0.717) is 0 Å². The van der Waals surface area contributed by atoms with E-state index in [2.05, 4.69) is 36.3 Å². The SMILES string of the molecule is C/C=N\c1c(C)cc(C)cc1CNC. The molecule has 76 valence electrons. The maximum Gasteiger partial charge on any atom is 0.0699 e. The number of aliphatic imine (C=N–C) groups is 1. The van der Waals surface area contributed by atoms with Crippen LogP contribution in [-0.4, -0.2) is 13.3 Å². The first-order valence-corrected chi connectivity index (χ1v) is 4.92. The number of hydrogen-bond donors (Lipinski definition) is 1. The summed E-state index contributed by atoms with van der Waals surface area (Å²) in [6.07, 6.45) is 1.84. The largest absolute Gasteiger partial charge is 0.316 e. The van der Waals surface area contributed by atoms with Crippen molar-refractivity contribution in [3.8, 4) is 0 Å². The zero-order valence-electron chi connectivity index (χ0n) is 9.39. The number of hydrogen-bond acceptors (Lipinski definition) is 2. The second-order valence-corrected chi connectivity index (χ2v) is 3.51. The van der Waals surface area contributed by atoms with Crippen molar-refractivity contribution in [3.63, 3.8) is 0 Å². The van der Waals surface area contributed by atoms with Gasteiger partial charge in [-0.15, -0.1) is 0 Å². The molecular formula is C12H18N2. The third kappa shape index (κ3) is 2.42. The van der Waals surface area contributed by atoms with Crippen molar-refractivity contribution in [2.45, 2.75) is 27.3 Å². The molecule has 0 heterocycles. The Bertz CT molecular complexity index is 340. The Labute approximate surface area is 86.1 Å². The highest BCUT2D eigenvalue weighted by molar-refractivity contribution is 5.65. The van der Waals surface area contributed by atoms with E-state index < -0.39 is 0 Å². The maximum absolute atomic E-state index is 4.40. The third-order valence-corrected chi connectivity index (χ3v) is 2.15. The van der Waals surface area contributed by atoms with E-state index in [4.69, 9.17) is 0 Å². The van der Waals surface area contributed by atoms with Crippen LogP contribution in [0.5, 0.6) is 0 Å². The number of rotatable bonds is 3. The Balaban J connectivity index is 3.21. The van der Waals surface area contributed by atoms with Crippen LogP contribution in [0.3, 0.4) is 0 Å². The van der Waals surface area contributed by atoms with Crippen LogP contribution in [0.15, 0.2) is 17.1 Å². The van der Waals surface area contributed by atoms with Gasteiger partial charge in [0.2, 0.25) is 0 Å². The molecule has 0 fully saturated rings. The van der Waals surface area contributed by atoms with Gasteiger partial charge in [-0.1, -0.05) is 17.7 Å². The van der Waals surface area contributed by atoms with Gasteiger partial charge in [-0.25, -0.2) is 0 Å². The molecule has 0 aliphatic rings. The summed E-state index contributed by atoms with van der Waals surface area (Å²) >= 11 is 0. The molecule has 0 atom stereocenters. The fourth-order valence-corrected chi connectivity index (χ4v) is 1.69. The van der Waals surface area contributed by atoms with Crippen molar-refractivity contribution >= 4 is 11.9 Å². The zero-order chi connectivity index (χ0) is 10.6. The molecule has 1 aromatic carbocycles. The van der Waals surface area contributed by atoms with Gasteiger partial charge in [-0.05, 0) is 38.9 Å². The van der Waals surface area contributed by atoms with Gasteiger partial charge in [0.05, 0.1) is 5.69 Å². The Morgan fingerprint density at radius 3 is 2.64 bits per heavy atom. The number of benzene rings is 1. The van der Waals surface area contributed by atoms with Crippen LogP contribution in [-0.2, 0) is 6.54 Å². The molecule has 0 amide bonds. The minimum absolute atomic E-state index is 0.870. The Kier molecular flexibility index (Phi) is 3.84. The molecular weight excluding hydrogens is 172 g/mol. The van der Waals surface area contributed by atoms with Gasteiger partial charge < -0.3 is 5.32 Å².